The summed E-state index contributed by atoms with van der Waals surface area (Å²) in [6.07, 6.45) is 2.70. The van der Waals surface area contributed by atoms with Gasteiger partial charge in [-0.2, -0.15) is 0 Å². The van der Waals surface area contributed by atoms with E-state index in [2.05, 4.69) is 59.3 Å². The van der Waals surface area contributed by atoms with Crippen LogP contribution >= 0.6 is 0 Å². The van der Waals surface area contributed by atoms with Crippen molar-refractivity contribution in [1.29, 1.82) is 0 Å². The first-order valence-corrected chi connectivity index (χ1v) is 8.85. The Kier molecular flexibility index (Phi) is 5.17. The summed E-state index contributed by atoms with van der Waals surface area (Å²) < 4.78 is 0. The molecule has 0 spiro atoms. The second-order valence-electron chi connectivity index (χ2n) is 7.65. The molecular formula is C19H31N3. The minimum atomic E-state index is 0.265. The van der Waals surface area contributed by atoms with Crippen LogP contribution in [0.5, 0.6) is 0 Å². The minimum Gasteiger partial charge on any atom is -0.317 e. The maximum atomic E-state index is 3.48. The van der Waals surface area contributed by atoms with Crippen molar-refractivity contribution in [3.8, 4) is 0 Å². The van der Waals surface area contributed by atoms with Crippen molar-refractivity contribution in [2.75, 3.05) is 39.3 Å². The van der Waals surface area contributed by atoms with Gasteiger partial charge in [0.15, 0.2) is 0 Å². The SMILES string of the molecule is CC1(C)CN(CC2CCNCC2)CCN1Cc1ccccc1. The number of benzene rings is 1. The molecule has 3 nitrogen and oxygen atoms in total. The Morgan fingerprint density at radius 3 is 2.50 bits per heavy atom. The van der Waals surface area contributed by atoms with E-state index in [1.54, 1.807) is 0 Å². The van der Waals surface area contributed by atoms with Crippen molar-refractivity contribution in [1.82, 2.24) is 15.1 Å². The van der Waals surface area contributed by atoms with Crippen LogP contribution in [0.1, 0.15) is 32.3 Å². The third kappa shape index (κ3) is 4.09. The number of rotatable bonds is 4. The molecule has 3 rings (SSSR count). The average molecular weight is 301 g/mol. The summed E-state index contributed by atoms with van der Waals surface area (Å²) in [4.78, 5) is 5.36. The number of piperidine rings is 1. The lowest BCUT2D eigenvalue weighted by molar-refractivity contribution is 0.00570. The maximum absolute atomic E-state index is 3.48. The summed E-state index contributed by atoms with van der Waals surface area (Å²) in [5.41, 5.74) is 1.70. The van der Waals surface area contributed by atoms with Gasteiger partial charge in [-0.3, -0.25) is 9.80 Å². The van der Waals surface area contributed by atoms with Crippen molar-refractivity contribution in [2.24, 2.45) is 5.92 Å². The first-order chi connectivity index (χ1) is 10.6. The summed E-state index contributed by atoms with van der Waals surface area (Å²) in [5, 5.41) is 3.48. The summed E-state index contributed by atoms with van der Waals surface area (Å²) in [5.74, 6) is 0.901. The van der Waals surface area contributed by atoms with E-state index in [0.717, 1.165) is 12.5 Å². The molecule has 0 atom stereocenters. The van der Waals surface area contributed by atoms with Gasteiger partial charge >= 0.3 is 0 Å². The first kappa shape index (κ1) is 16.0. The van der Waals surface area contributed by atoms with Crippen LogP contribution in [0, 0.1) is 5.92 Å². The van der Waals surface area contributed by atoms with Gasteiger partial charge in [-0.15, -0.1) is 0 Å². The number of nitrogens with zero attached hydrogens (tertiary/aromatic N) is 2. The van der Waals surface area contributed by atoms with E-state index in [1.807, 2.05) is 0 Å². The van der Waals surface area contributed by atoms with Gasteiger partial charge in [0.2, 0.25) is 0 Å². The summed E-state index contributed by atoms with van der Waals surface area (Å²) in [6, 6.07) is 10.9. The molecule has 0 aliphatic carbocycles. The Balaban J connectivity index is 1.54. The van der Waals surface area contributed by atoms with Crippen molar-refractivity contribution in [2.45, 2.75) is 38.8 Å². The molecular weight excluding hydrogens is 270 g/mol. The minimum absolute atomic E-state index is 0.265. The molecule has 2 fully saturated rings. The zero-order chi connectivity index (χ0) is 15.4. The fraction of sp³-hybridized carbons (Fsp3) is 0.684. The summed E-state index contributed by atoms with van der Waals surface area (Å²) in [6.45, 7) is 13.2. The van der Waals surface area contributed by atoms with Crippen molar-refractivity contribution in [3.05, 3.63) is 35.9 Å². The standard InChI is InChI=1S/C19H31N3/c1-19(2)16-21(14-18-8-10-20-11-9-18)12-13-22(19)15-17-6-4-3-5-7-17/h3-7,18,20H,8-16H2,1-2H3. The Morgan fingerprint density at radius 2 is 1.82 bits per heavy atom. The molecule has 0 amide bonds. The Labute approximate surface area is 135 Å². The van der Waals surface area contributed by atoms with E-state index in [-0.39, 0.29) is 5.54 Å². The second-order valence-corrected chi connectivity index (χ2v) is 7.65. The lowest BCUT2D eigenvalue weighted by Gasteiger charge is -2.48. The van der Waals surface area contributed by atoms with E-state index >= 15 is 0 Å². The molecule has 0 bridgehead atoms. The molecule has 3 heteroatoms. The van der Waals surface area contributed by atoms with Crippen LogP contribution in [0.4, 0.5) is 0 Å². The van der Waals surface area contributed by atoms with Gasteiger partial charge in [0.05, 0.1) is 0 Å². The van der Waals surface area contributed by atoms with Crippen LogP contribution in [0.15, 0.2) is 30.3 Å². The van der Waals surface area contributed by atoms with E-state index in [4.69, 9.17) is 0 Å². The first-order valence-electron chi connectivity index (χ1n) is 8.85. The van der Waals surface area contributed by atoms with E-state index in [0.29, 0.717) is 0 Å². The van der Waals surface area contributed by atoms with Crippen molar-refractivity contribution < 1.29 is 0 Å². The molecule has 0 unspecified atom stereocenters. The lowest BCUT2D eigenvalue weighted by atomic mass is 9.93. The highest BCUT2D eigenvalue weighted by Gasteiger charge is 2.34. The molecule has 2 aliphatic rings. The van der Waals surface area contributed by atoms with Gasteiger partial charge in [-0.05, 0) is 51.3 Å². The molecule has 1 aromatic rings. The third-order valence-electron chi connectivity index (χ3n) is 5.34. The molecule has 122 valence electrons. The highest BCUT2D eigenvalue weighted by atomic mass is 15.3. The van der Waals surface area contributed by atoms with Crippen LogP contribution in [0.25, 0.3) is 0 Å². The predicted molar refractivity (Wildman–Crippen MR) is 93.0 cm³/mol. The Bertz CT molecular complexity index is 451. The zero-order valence-electron chi connectivity index (χ0n) is 14.2. The fourth-order valence-electron chi connectivity index (χ4n) is 3.97. The number of hydrogen-bond donors (Lipinski definition) is 1. The molecule has 0 aromatic heterocycles. The monoisotopic (exact) mass is 301 g/mol. The largest absolute Gasteiger partial charge is 0.317 e. The van der Waals surface area contributed by atoms with Crippen LogP contribution in [0.2, 0.25) is 0 Å². The number of piperazine rings is 1. The van der Waals surface area contributed by atoms with Crippen molar-refractivity contribution >= 4 is 0 Å². The number of hydrogen-bond acceptors (Lipinski definition) is 3. The van der Waals surface area contributed by atoms with Gasteiger partial charge in [-0.1, -0.05) is 30.3 Å². The smallest absolute Gasteiger partial charge is 0.0284 e. The van der Waals surface area contributed by atoms with Crippen LogP contribution in [0.3, 0.4) is 0 Å². The molecule has 2 aliphatic heterocycles. The van der Waals surface area contributed by atoms with Crippen LogP contribution < -0.4 is 5.32 Å². The molecule has 2 saturated heterocycles. The Hall–Kier alpha value is -0.900. The summed E-state index contributed by atoms with van der Waals surface area (Å²) >= 11 is 0. The summed E-state index contributed by atoms with van der Waals surface area (Å²) in [7, 11) is 0. The van der Waals surface area contributed by atoms with Gasteiger partial charge in [0.1, 0.15) is 0 Å². The normalized spacial score (nSPS) is 24.5. The third-order valence-corrected chi connectivity index (χ3v) is 5.34. The van der Waals surface area contributed by atoms with E-state index in [9.17, 15) is 0 Å². The quantitative estimate of drug-likeness (QED) is 0.922. The zero-order valence-corrected chi connectivity index (χ0v) is 14.2. The van der Waals surface area contributed by atoms with Gasteiger partial charge < -0.3 is 5.32 Å². The van der Waals surface area contributed by atoms with Gasteiger partial charge in [-0.25, -0.2) is 0 Å². The molecule has 22 heavy (non-hydrogen) atoms. The molecule has 1 N–H and O–H groups in total. The lowest BCUT2D eigenvalue weighted by Crippen LogP contribution is -2.59. The van der Waals surface area contributed by atoms with Crippen LogP contribution in [-0.4, -0.2) is 54.6 Å². The van der Waals surface area contributed by atoms with Gasteiger partial charge in [0.25, 0.3) is 0 Å². The molecule has 2 heterocycles. The second kappa shape index (κ2) is 7.12. The molecule has 0 saturated carbocycles. The van der Waals surface area contributed by atoms with Gasteiger partial charge in [0, 0.05) is 38.3 Å². The highest BCUT2D eigenvalue weighted by Crippen LogP contribution is 2.25. The molecule has 0 radical (unpaired) electrons. The fourth-order valence-corrected chi connectivity index (χ4v) is 3.97. The number of nitrogens with one attached hydrogen (secondary N) is 1. The molecule has 1 aromatic carbocycles. The average Bonchev–Trinajstić information content (AvgIpc) is 2.52. The Morgan fingerprint density at radius 1 is 1.09 bits per heavy atom. The highest BCUT2D eigenvalue weighted by molar-refractivity contribution is 5.15. The topological polar surface area (TPSA) is 18.5 Å². The predicted octanol–water partition coefficient (Wildman–Crippen LogP) is 2.58. The maximum Gasteiger partial charge on any atom is 0.0284 e. The van der Waals surface area contributed by atoms with Crippen LogP contribution in [-0.2, 0) is 6.54 Å². The van der Waals surface area contributed by atoms with E-state index < -0.39 is 0 Å². The van der Waals surface area contributed by atoms with Crippen molar-refractivity contribution in [3.63, 3.8) is 0 Å². The van der Waals surface area contributed by atoms with E-state index in [1.165, 1.54) is 57.7 Å².